The predicted molar refractivity (Wildman–Crippen MR) is 84.8 cm³/mol. The minimum Gasteiger partial charge on any atom is -0.486 e. The SMILES string of the molecule is Cc1nnc(N2CCC3(CC2)CC(=O)c2ccccc2O3)s1. The molecule has 0 aliphatic carbocycles. The summed E-state index contributed by atoms with van der Waals surface area (Å²) in [4.78, 5) is 14.6. The second kappa shape index (κ2) is 5.05. The quantitative estimate of drug-likeness (QED) is 0.810. The number of aryl methyl sites for hydroxylation is 1. The van der Waals surface area contributed by atoms with Gasteiger partial charge in [-0.05, 0) is 19.1 Å². The predicted octanol–water partition coefficient (Wildman–Crippen LogP) is 2.85. The van der Waals surface area contributed by atoms with E-state index in [1.165, 1.54) is 0 Å². The molecule has 0 bridgehead atoms. The molecule has 0 saturated carbocycles. The lowest BCUT2D eigenvalue weighted by atomic mass is 9.82. The number of ketones is 1. The highest BCUT2D eigenvalue weighted by molar-refractivity contribution is 7.15. The molecule has 1 aromatic heterocycles. The van der Waals surface area contributed by atoms with Gasteiger partial charge in [0.2, 0.25) is 5.13 Å². The van der Waals surface area contributed by atoms with Crippen molar-refractivity contribution in [1.82, 2.24) is 10.2 Å². The van der Waals surface area contributed by atoms with E-state index in [4.69, 9.17) is 4.74 Å². The first-order valence-electron chi connectivity index (χ1n) is 7.52. The number of hydrogen-bond donors (Lipinski definition) is 0. The molecule has 5 nitrogen and oxygen atoms in total. The van der Waals surface area contributed by atoms with Crippen LogP contribution in [0.15, 0.2) is 24.3 Å². The maximum atomic E-state index is 12.4. The number of ether oxygens (including phenoxy) is 1. The van der Waals surface area contributed by atoms with Gasteiger partial charge < -0.3 is 9.64 Å². The van der Waals surface area contributed by atoms with Gasteiger partial charge in [0, 0.05) is 25.9 Å². The molecule has 3 heterocycles. The van der Waals surface area contributed by atoms with Gasteiger partial charge in [0.25, 0.3) is 0 Å². The fourth-order valence-electron chi connectivity index (χ4n) is 3.24. The first-order chi connectivity index (χ1) is 10.7. The number of Topliss-reactive ketones (excluding diaryl/α,β-unsaturated/α-hetero) is 1. The van der Waals surface area contributed by atoms with E-state index in [1.807, 2.05) is 31.2 Å². The third kappa shape index (κ3) is 2.27. The average molecular weight is 315 g/mol. The van der Waals surface area contributed by atoms with Crippen molar-refractivity contribution in [1.29, 1.82) is 0 Å². The molecule has 1 aromatic carbocycles. The van der Waals surface area contributed by atoms with Crippen LogP contribution < -0.4 is 9.64 Å². The molecule has 2 aliphatic rings. The number of hydrogen-bond acceptors (Lipinski definition) is 6. The van der Waals surface area contributed by atoms with Crippen molar-refractivity contribution in [2.75, 3.05) is 18.0 Å². The highest BCUT2D eigenvalue weighted by Crippen LogP contribution is 2.40. The van der Waals surface area contributed by atoms with Gasteiger partial charge in [-0.15, -0.1) is 10.2 Å². The summed E-state index contributed by atoms with van der Waals surface area (Å²) < 4.78 is 6.24. The molecule has 1 saturated heterocycles. The number of rotatable bonds is 1. The van der Waals surface area contributed by atoms with Gasteiger partial charge in [-0.3, -0.25) is 4.79 Å². The standard InChI is InChI=1S/C16H17N3O2S/c1-11-17-18-15(22-11)19-8-6-16(7-9-19)10-13(20)12-4-2-3-5-14(12)21-16/h2-5H,6-10H2,1H3. The zero-order valence-electron chi connectivity index (χ0n) is 12.4. The molecule has 0 N–H and O–H groups in total. The normalized spacial score (nSPS) is 19.9. The van der Waals surface area contributed by atoms with Gasteiger partial charge in [0.05, 0.1) is 12.0 Å². The van der Waals surface area contributed by atoms with Crippen LogP contribution in [-0.4, -0.2) is 34.7 Å². The zero-order valence-corrected chi connectivity index (χ0v) is 13.2. The smallest absolute Gasteiger partial charge is 0.208 e. The molecule has 0 amide bonds. The molecule has 1 fully saturated rings. The van der Waals surface area contributed by atoms with E-state index in [0.29, 0.717) is 6.42 Å². The van der Waals surface area contributed by atoms with Crippen molar-refractivity contribution in [3.8, 4) is 5.75 Å². The second-order valence-corrected chi connectivity index (χ2v) is 7.13. The Balaban J connectivity index is 1.53. The van der Waals surface area contributed by atoms with Crippen molar-refractivity contribution in [3.63, 3.8) is 0 Å². The molecule has 114 valence electrons. The number of nitrogens with zero attached hydrogens (tertiary/aromatic N) is 3. The van der Waals surface area contributed by atoms with Gasteiger partial charge in [-0.1, -0.05) is 23.5 Å². The number of fused-ring (bicyclic) bond motifs is 1. The Bertz CT molecular complexity index is 720. The van der Waals surface area contributed by atoms with Crippen molar-refractivity contribution < 1.29 is 9.53 Å². The largest absolute Gasteiger partial charge is 0.486 e. The van der Waals surface area contributed by atoms with Crippen molar-refractivity contribution >= 4 is 22.3 Å². The third-order valence-corrected chi connectivity index (χ3v) is 5.36. The molecule has 6 heteroatoms. The summed E-state index contributed by atoms with van der Waals surface area (Å²) in [6.07, 6.45) is 2.16. The second-order valence-electron chi connectivity index (χ2n) is 5.97. The van der Waals surface area contributed by atoms with Crippen LogP contribution in [0.1, 0.15) is 34.6 Å². The van der Waals surface area contributed by atoms with E-state index in [0.717, 1.165) is 47.4 Å². The van der Waals surface area contributed by atoms with E-state index < -0.39 is 0 Å². The topological polar surface area (TPSA) is 55.3 Å². The summed E-state index contributed by atoms with van der Waals surface area (Å²) >= 11 is 1.61. The molecule has 2 aromatic rings. The summed E-state index contributed by atoms with van der Waals surface area (Å²) in [5, 5.41) is 10.2. The Hall–Kier alpha value is -1.95. The zero-order chi connectivity index (χ0) is 15.2. The van der Waals surface area contributed by atoms with Crippen molar-refractivity contribution in [3.05, 3.63) is 34.8 Å². The Morgan fingerprint density at radius 3 is 2.73 bits per heavy atom. The first kappa shape index (κ1) is 13.7. The Labute approximate surface area is 132 Å². The van der Waals surface area contributed by atoms with Crippen molar-refractivity contribution in [2.45, 2.75) is 31.8 Å². The summed E-state index contributed by atoms with van der Waals surface area (Å²) in [6.45, 7) is 3.67. The lowest BCUT2D eigenvalue weighted by molar-refractivity contribution is 0.0232. The fourth-order valence-corrected chi connectivity index (χ4v) is 3.98. The number of benzene rings is 1. The van der Waals surface area contributed by atoms with E-state index in [2.05, 4.69) is 15.1 Å². The summed E-state index contributed by atoms with van der Waals surface area (Å²) in [5.74, 6) is 0.931. The highest BCUT2D eigenvalue weighted by Gasteiger charge is 2.43. The van der Waals surface area contributed by atoms with Crippen LogP contribution in [0.2, 0.25) is 0 Å². The number of anilines is 1. The fraction of sp³-hybridized carbons (Fsp3) is 0.438. The molecule has 4 rings (SSSR count). The number of piperidine rings is 1. The summed E-state index contributed by atoms with van der Waals surface area (Å²) in [7, 11) is 0. The number of para-hydroxylation sites is 1. The molecular weight excluding hydrogens is 298 g/mol. The lowest BCUT2D eigenvalue weighted by Gasteiger charge is -2.43. The van der Waals surface area contributed by atoms with Crippen LogP contribution in [0.4, 0.5) is 5.13 Å². The lowest BCUT2D eigenvalue weighted by Crippen LogP contribution is -2.51. The molecule has 0 atom stereocenters. The monoisotopic (exact) mass is 315 g/mol. The van der Waals surface area contributed by atoms with Gasteiger partial charge in [-0.2, -0.15) is 0 Å². The highest BCUT2D eigenvalue weighted by atomic mass is 32.1. The van der Waals surface area contributed by atoms with Crippen LogP contribution in [0, 0.1) is 6.92 Å². The minimum atomic E-state index is -0.346. The number of carbonyl (C=O) groups is 1. The maximum Gasteiger partial charge on any atom is 0.208 e. The minimum absolute atomic E-state index is 0.196. The van der Waals surface area contributed by atoms with Crippen molar-refractivity contribution in [2.24, 2.45) is 0 Å². The molecule has 0 unspecified atom stereocenters. The van der Waals surface area contributed by atoms with Crippen LogP contribution in [0.3, 0.4) is 0 Å². The molecule has 2 aliphatic heterocycles. The van der Waals surface area contributed by atoms with Gasteiger partial charge in [-0.25, -0.2) is 0 Å². The number of carbonyl (C=O) groups excluding carboxylic acids is 1. The van der Waals surface area contributed by atoms with E-state index in [9.17, 15) is 4.79 Å². The third-order valence-electron chi connectivity index (χ3n) is 4.46. The maximum absolute atomic E-state index is 12.4. The molecule has 0 radical (unpaired) electrons. The average Bonchev–Trinajstić information content (AvgIpc) is 2.94. The Morgan fingerprint density at radius 2 is 2.00 bits per heavy atom. The molecule has 22 heavy (non-hydrogen) atoms. The molecule has 1 spiro atoms. The Morgan fingerprint density at radius 1 is 1.23 bits per heavy atom. The summed E-state index contributed by atoms with van der Waals surface area (Å²) in [5.41, 5.74) is 0.372. The first-order valence-corrected chi connectivity index (χ1v) is 8.33. The molecular formula is C16H17N3O2S. The number of aromatic nitrogens is 2. The van der Waals surface area contributed by atoms with E-state index in [1.54, 1.807) is 11.3 Å². The van der Waals surface area contributed by atoms with Gasteiger partial charge in [0.15, 0.2) is 5.78 Å². The Kier molecular flexibility index (Phi) is 3.14. The van der Waals surface area contributed by atoms with Crippen LogP contribution in [0.5, 0.6) is 5.75 Å². The van der Waals surface area contributed by atoms with Gasteiger partial charge in [0.1, 0.15) is 16.4 Å². The van der Waals surface area contributed by atoms with E-state index >= 15 is 0 Å². The van der Waals surface area contributed by atoms with Crippen LogP contribution in [-0.2, 0) is 0 Å². The van der Waals surface area contributed by atoms with Crippen LogP contribution in [0.25, 0.3) is 0 Å². The van der Waals surface area contributed by atoms with Gasteiger partial charge >= 0.3 is 0 Å². The van der Waals surface area contributed by atoms with Crippen LogP contribution >= 0.6 is 11.3 Å². The van der Waals surface area contributed by atoms with E-state index in [-0.39, 0.29) is 11.4 Å². The summed E-state index contributed by atoms with van der Waals surface area (Å²) in [6, 6.07) is 7.56.